The van der Waals surface area contributed by atoms with Gasteiger partial charge in [0.2, 0.25) is 5.91 Å². The number of rotatable bonds is 3. The molecule has 0 saturated carbocycles. The number of hydrogen-bond donors (Lipinski definition) is 3. The van der Waals surface area contributed by atoms with E-state index in [1.165, 1.54) is 17.9 Å². The maximum Gasteiger partial charge on any atom is 0.413 e. The Labute approximate surface area is 130 Å². The maximum absolute atomic E-state index is 13.1. The lowest BCUT2D eigenvalue weighted by molar-refractivity contribution is -0.155. The number of nitrogens with one attached hydrogen (secondary N) is 3. The topological polar surface area (TPSA) is 88.0 Å². The molecule has 2 heterocycles. The molecule has 2 rings (SSSR count). The van der Waals surface area contributed by atoms with Gasteiger partial charge in [-0.2, -0.15) is 18.3 Å². The minimum absolute atomic E-state index is 0.180. The van der Waals surface area contributed by atoms with Crippen LogP contribution in [-0.2, 0) is 11.8 Å². The van der Waals surface area contributed by atoms with Gasteiger partial charge >= 0.3 is 12.2 Å². The van der Waals surface area contributed by atoms with E-state index in [2.05, 4.69) is 15.7 Å². The Hall–Kier alpha value is -2.26. The molecule has 1 saturated heterocycles. The van der Waals surface area contributed by atoms with E-state index in [-0.39, 0.29) is 11.5 Å². The third-order valence-corrected chi connectivity index (χ3v) is 3.50. The monoisotopic (exact) mass is 333 g/mol. The molecule has 1 aliphatic heterocycles. The number of aryl methyl sites for hydroxylation is 1. The average molecular weight is 333 g/mol. The van der Waals surface area contributed by atoms with Crippen molar-refractivity contribution in [3.63, 3.8) is 0 Å². The molecule has 1 aromatic heterocycles. The van der Waals surface area contributed by atoms with Gasteiger partial charge in [0.25, 0.3) is 0 Å². The van der Waals surface area contributed by atoms with E-state index in [9.17, 15) is 22.8 Å². The molecule has 23 heavy (non-hydrogen) atoms. The van der Waals surface area contributed by atoms with E-state index in [0.29, 0.717) is 19.4 Å². The maximum atomic E-state index is 13.1. The van der Waals surface area contributed by atoms with E-state index in [1.54, 1.807) is 0 Å². The molecule has 0 aliphatic carbocycles. The summed E-state index contributed by atoms with van der Waals surface area (Å²) in [4.78, 5) is 23.6. The molecule has 128 valence electrons. The van der Waals surface area contributed by atoms with Crippen molar-refractivity contribution in [2.75, 3.05) is 6.54 Å². The summed E-state index contributed by atoms with van der Waals surface area (Å²) in [6, 6.07) is -4.07. The van der Waals surface area contributed by atoms with Gasteiger partial charge in [0.15, 0.2) is 6.04 Å². The number of alkyl halides is 3. The summed E-state index contributed by atoms with van der Waals surface area (Å²) >= 11 is 0. The first-order chi connectivity index (χ1) is 10.8. The van der Waals surface area contributed by atoms with Crippen LogP contribution in [0, 0.1) is 0 Å². The first-order valence-corrected chi connectivity index (χ1v) is 7.17. The molecule has 0 spiro atoms. The van der Waals surface area contributed by atoms with Crippen LogP contribution in [0.1, 0.15) is 30.9 Å². The summed E-state index contributed by atoms with van der Waals surface area (Å²) in [5.41, 5.74) is -0.180. The van der Waals surface area contributed by atoms with E-state index in [0.717, 1.165) is 12.6 Å². The minimum atomic E-state index is -4.67. The zero-order valence-corrected chi connectivity index (χ0v) is 12.5. The van der Waals surface area contributed by atoms with Crippen molar-refractivity contribution in [2.45, 2.75) is 37.5 Å². The summed E-state index contributed by atoms with van der Waals surface area (Å²) in [6.45, 7) is 0.499. The van der Waals surface area contributed by atoms with Gasteiger partial charge in [-0.05, 0) is 19.3 Å². The Balaban J connectivity index is 2.04. The lowest BCUT2D eigenvalue weighted by Crippen LogP contribution is -2.51. The van der Waals surface area contributed by atoms with Crippen molar-refractivity contribution < 1.29 is 22.8 Å². The molecule has 0 unspecified atom stereocenters. The average Bonchev–Trinajstić information content (AvgIpc) is 2.77. The second-order valence-electron chi connectivity index (χ2n) is 5.38. The van der Waals surface area contributed by atoms with Crippen LogP contribution < -0.4 is 16.0 Å². The second-order valence-corrected chi connectivity index (χ2v) is 5.38. The van der Waals surface area contributed by atoms with E-state index >= 15 is 0 Å². The SMILES string of the molecule is Cn1cc([C@H](NC(=O)N[C@H]2CCCCNC2=O)C(F)(F)F)cn1. The molecule has 10 heteroatoms. The molecule has 3 N–H and O–H groups in total. The van der Waals surface area contributed by atoms with Crippen LogP contribution in [0.4, 0.5) is 18.0 Å². The van der Waals surface area contributed by atoms with Crippen molar-refractivity contribution >= 4 is 11.9 Å². The highest BCUT2D eigenvalue weighted by Crippen LogP contribution is 2.32. The van der Waals surface area contributed by atoms with Crippen molar-refractivity contribution in [3.05, 3.63) is 18.0 Å². The summed E-state index contributed by atoms with van der Waals surface area (Å²) in [5, 5.41) is 10.4. The molecule has 1 fully saturated rings. The van der Waals surface area contributed by atoms with Gasteiger partial charge in [0.1, 0.15) is 6.04 Å². The second kappa shape index (κ2) is 6.88. The largest absolute Gasteiger partial charge is 0.413 e. The first kappa shape index (κ1) is 17.1. The highest BCUT2D eigenvalue weighted by atomic mass is 19.4. The van der Waals surface area contributed by atoms with Crippen LogP contribution in [0.5, 0.6) is 0 Å². The molecule has 0 aromatic carbocycles. The van der Waals surface area contributed by atoms with Crippen LogP contribution >= 0.6 is 0 Å². The summed E-state index contributed by atoms with van der Waals surface area (Å²) in [6.07, 6.45) is -0.593. The van der Waals surface area contributed by atoms with Crippen molar-refractivity contribution in [1.29, 1.82) is 0 Å². The summed E-state index contributed by atoms with van der Waals surface area (Å²) in [7, 11) is 1.48. The minimum Gasteiger partial charge on any atom is -0.354 e. The van der Waals surface area contributed by atoms with Crippen molar-refractivity contribution in [1.82, 2.24) is 25.7 Å². The van der Waals surface area contributed by atoms with E-state index in [4.69, 9.17) is 0 Å². The first-order valence-electron chi connectivity index (χ1n) is 7.17. The van der Waals surface area contributed by atoms with Gasteiger partial charge in [-0.1, -0.05) is 0 Å². The van der Waals surface area contributed by atoms with Crippen LogP contribution in [0.2, 0.25) is 0 Å². The number of halogens is 3. The Kier molecular flexibility index (Phi) is 5.12. The zero-order valence-electron chi connectivity index (χ0n) is 12.5. The molecular weight excluding hydrogens is 315 g/mol. The molecule has 1 aliphatic rings. The Bertz CT molecular complexity index is 572. The van der Waals surface area contributed by atoms with Gasteiger partial charge in [0.05, 0.1) is 6.20 Å². The number of carbonyl (C=O) groups is 2. The molecule has 7 nitrogen and oxygen atoms in total. The normalized spacial score (nSPS) is 20.3. The Morgan fingerprint density at radius 2 is 2.22 bits per heavy atom. The van der Waals surface area contributed by atoms with E-state index < -0.39 is 24.3 Å². The highest BCUT2D eigenvalue weighted by Gasteiger charge is 2.43. The van der Waals surface area contributed by atoms with Crippen LogP contribution in [-0.4, -0.2) is 40.5 Å². The van der Waals surface area contributed by atoms with Crippen LogP contribution in [0.25, 0.3) is 0 Å². The number of amides is 3. The predicted molar refractivity (Wildman–Crippen MR) is 74.3 cm³/mol. The number of aromatic nitrogens is 2. The van der Waals surface area contributed by atoms with Crippen molar-refractivity contribution in [3.8, 4) is 0 Å². The molecule has 3 amide bonds. The predicted octanol–water partition coefficient (Wildman–Crippen LogP) is 0.991. The lowest BCUT2D eigenvalue weighted by atomic mass is 10.1. The lowest BCUT2D eigenvalue weighted by Gasteiger charge is -2.22. The van der Waals surface area contributed by atoms with Gasteiger partial charge in [0, 0.05) is 25.4 Å². The number of hydrogen-bond acceptors (Lipinski definition) is 3. The Morgan fingerprint density at radius 3 is 2.83 bits per heavy atom. The fourth-order valence-electron chi connectivity index (χ4n) is 2.35. The standard InChI is InChI=1S/C13H18F3N5O2/c1-21-7-8(6-18-21)10(13(14,15)16)20-12(23)19-9-4-2-3-5-17-11(9)22/h6-7,9-10H,2-5H2,1H3,(H,17,22)(H2,19,20,23)/t9-,10-/m0/s1. The Morgan fingerprint density at radius 1 is 1.48 bits per heavy atom. The third-order valence-electron chi connectivity index (χ3n) is 3.50. The number of nitrogens with zero attached hydrogens (tertiary/aromatic N) is 2. The summed E-state index contributed by atoms with van der Waals surface area (Å²) in [5.74, 6) is -0.386. The van der Waals surface area contributed by atoms with Crippen LogP contribution in [0.15, 0.2) is 12.4 Å². The summed E-state index contributed by atoms with van der Waals surface area (Å²) < 4.78 is 40.6. The van der Waals surface area contributed by atoms with Crippen LogP contribution in [0.3, 0.4) is 0 Å². The van der Waals surface area contributed by atoms with E-state index in [1.807, 2.05) is 5.32 Å². The van der Waals surface area contributed by atoms with Gasteiger partial charge < -0.3 is 16.0 Å². The fourth-order valence-corrected chi connectivity index (χ4v) is 2.35. The van der Waals surface area contributed by atoms with Crippen molar-refractivity contribution in [2.24, 2.45) is 7.05 Å². The highest BCUT2D eigenvalue weighted by molar-refractivity contribution is 5.87. The number of carbonyl (C=O) groups excluding carboxylic acids is 2. The zero-order chi connectivity index (χ0) is 17.0. The quantitative estimate of drug-likeness (QED) is 0.771. The molecular formula is C13H18F3N5O2. The van der Waals surface area contributed by atoms with Gasteiger partial charge in [-0.25, -0.2) is 4.79 Å². The molecule has 0 radical (unpaired) electrons. The third kappa shape index (κ3) is 4.60. The fraction of sp³-hybridized carbons (Fsp3) is 0.615. The van der Waals surface area contributed by atoms with Gasteiger partial charge in [-0.3, -0.25) is 9.48 Å². The van der Waals surface area contributed by atoms with Gasteiger partial charge in [-0.15, -0.1) is 0 Å². The molecule has 0 bridgehead atoms. The molecule has 2 atom stereocenters. The number of urea groups is 1. The molecule has 1 aromatic rings. The smallest absolute Gasteiger partial charge is 0.354 e.